The highest BCUT2D eigenvalue weighted by molar-refractivity contribution is 7.22. The van der Waals surface area contributed by atoms with Crippen molar-refractivity contribution in [3.8, 4) is 63.2 Å². The number of carbonyl (C=O) groups is 5. The molecule has 0 bridgehead atoms. The molecule has 0 aliphatic carbocycles. The predicted molar refractivity (Wildman–Crippen MR) is 407 cm³/mol. The highest BCUT2D eigenvalue weighted by Crippen LogP contribution is 2.49. The van der Waals surface area contributed by atoms with Crippen molar-refractivity contribution in [3.63, 3.8) is 0 Å². The Morgan fingerprint density at radius 1 is 0.398 bits per heavy atom. The Morgan fingerprint density at radius 2 is 0.786 bits per heavy atom. The number of ether oxygens (including phenoxy) is 15. The molecular formula is C74H85N3O21S5. The third kappa shape index (κ3) is 18.4. The van der Waals surface area contributed by atoms with Crippen molar-refractivity contribution in [2.45, 2.75) is 40.8 Å². The van der Waals surface area contributed by atoms with Crippen molar-refractivity contribution >= 4 is 148 Å². The molecule has 0 saturated heterocycles. The summed E-state index contributed by atoms with van der Waals surface area (Å²) in [6.07, 6.45) is 3.36. The van der Waals surface area contributed by atoms with Gasteiger partial charge in [-0.15, -0.1) is 56.7 Å². The molecule has 552 valence electrons. The zero-order valence-electron chi connectivity index (χ0n) is 61.0. The van der Waals surface area contributed by atoms with Gasteiger partial charge in [0, 0.05) is 86.9 Å². The maximum absolute atomic E-state index is 11.9. The number of aromatic carboxylic acids is 1. The van der Waals surface area contributed by atoms with Gasteiger partial charge in [0.1, 0.15) is 76.1 Å². The molecule has 0 saturated carbocycles. The lowest BCUT2D eigenvalue weighted by molar-refractivity contribution is 0.0597. The second kappa shape index (κ2) is 37.5. The number of nitrogens with one attached hydrogen (secondary N) is 1. The first-order valence-electron chi connectivity index (χ1n) is 31.5. The molecule has 2 N–H and O–H groups in total. The number of carbonyl (C=O) groups excluding carboxylic acids is 4. The molecule has 0 fully saturated rings. The maximum atomic E-state index is 11.9. The van der Waals surface area contributed by atoms with Gasteiger partial charge in [-0.25, -0.2) is 24.0 Å². The number of rotatable bonds is 24. The number of nitrogens with zero attached hydrogens (tertiary/aromatic N) is 2. The van der Waals surface area contributed by atoms with Crippen molar-refractivity contribution in [2.24, 2.45) is 11.8 Å². The summed E-state index contributed by atoms with van der Waals surface area (Å²) in [5, 5.41) is 18.3. The Kier molecular flexibility index (Phi) is 29.4. The fourth-order valence-electron chi connectivity index (χ4n) is 11.1. The SMILES string of the molecule is COC(=O)c1cc2c(OC)c(CN(C)CC(C)C)cc(OC)c2s1.COC(=O)c1cc2c(OC)c(CNCC(C)C)cc(OC)c2s1.COC(=O)c1cc2c(OC)c(OC)cc(OC)c2s1.COC(=O)c1cc2c(OC)ccc(OC)c2s1.COc1c2cnccc2c(OC)c2sc(C(=O)O)cc12. The molecule has 0 radical (unpaired) electrons. The maximum Gasteiger partial charge on any atom is 0.348 e. The van der Waals surface area contributed by atoms with Gasteiger partial charge in [-0.3, -0.25) is 4.98 Å². The average Bonchev–Trinajstić information content (AvgIpc) is 1.73. The topological polar surface area (TPSA) is 272 Å². The normalized spacial score (nSPS) is 10.8. The molecule has 0 spiro atoms. The van der Waals surface area contributed by atoms with E-state index < -0.39 is 5.97 Å². The molecule has 103 heavy (non-hydrogen) atoms. The molecule has 0 amide bonds. The highest BCUT2D eigenvalue weighted by atomic mass is 32.1. The summed E-state index contributed by atoms with van der Waals surface area (Å²) in [6, 6.07) is 19.9. The van der Waals surface area contributed by atoms with Crippen LogP contribution in [0.1, 0.15) is 87.2 Å². The number of benzene rings is 5. The van der Waals surface area contributed by atoms with Crippen LogP contribution in [0, 0.1) is 11.8 Å². The summed E-state index contributed by atoms with van der Waals surface area (Å²) in [5.74, 6) is 6.26. The molecule has 0 aliphatic rings. The zero-order valence-corrected chi connectivity index (χ0v) is 65.1. The van der Waals surface area contributed by atoms with Crippen LogP contribution in [0.4, 0.5) is 0 Å². The molecule has 0 aliphatic heterocycles. The van der Waals surface area contributed by atoms with E-state index in [9.17, 15) is 24.0 Å². The van der Waals surface area contributed by atoms with Crippen LogP contribution in [0.2, 0.25) is 0 Å². The number of carboxylic acid groups (broad SMARTS) is 1. The van der Waals surface area contributed by atoms with Crippen molar-refractivity contribution in [1.82, 2.24) is 15.2 Å². The van der Waals surface area contributed by atoms with E-state index in [1.165, 1.54) is 85.1 Å². The van der Waals surface area contributed by atoms with Gasteiger partial charge in [-0.05, 0) is 86.1 Å². The van der Waals surface area contributed by atoms with Gasteiger partial charge in [0.15, 0.2) is 11.5 Å². The van der Waals surface area contributed by atoms with Gasteiger partial charge >= 0.3 is 29.8 Å². The lowest BCUT2D eigenvalue weighted by Gasteiger charge is -2.21. The summed E-state index contributed by atoms with van der Waals surface area (Å²) >= 11 is 6.51. The van der Waals surface area contributed by atoms with Crippen molar-refractivity contribution in [2.75, 3.05) is 127 Å². The summed E-state index contributed by atoms with van der Waals surface area (Å²) in [4.78, 5) is 66.6. The van der Waals surface area contributed by atoms with E-state index >= 15 is 0 Å². The Balaban J connectivity index is 0.000000181. The lowest BCUT2D eigenvalue weighted by atomic mass is 10.1. The second-order valence-corrected chi connectivity index (χ2v) is 28.2. The van der Waals surface area contributed by atoms with E-state index in [2.05, 4.69) is 49.9 Å². The lowest BCUT2D eigenvalue weighted by Crippen LogP contribution is -2.23. The molecule has 24 nitrogen and oxygen atoms in total. The first-order chi connectivity index (χ1) is 49.4. The first-order valence-corrected chi connectivity index (χ1v) is 35.6. The van der Waals surface area contributed by atoms with Gasteiger partial charge in [0.05, 0.1) is 130 Å². The number of hydrogen-bond acceptors (Lipinski definition) is 28. The van der Waals surface area contributed by atoms with Crippen LogP contribution in [0.15, 0.2) is 79.1 Å². The average molecular weight is 1510 g/mol. The summed E-state index contributed by atoms with van der Waals surface area (Å²) in [6.45, 7) is 12.0. The zero-order chi connectivity index (χ0) is 75.5. The smallest absolute Gasteiger partial charge is 0.348 e. The summed E-state index contributed by atoms with van der Waals surface area (Å²) in [5.41, 5.74) is 2.05. The van der Waals surface area contributed by atoms with Crippen LogP contribution in [-0.4, -0.2) is 172 Å². The predicted octanol–water partition coefficient (Wildman–Crippen LogP) is 15.8. The number of aromatic nitrogens is 1. The minimum atomic E-state index is -0.961. The largest absolute Gasteiger partial charge is 0.496 e. The molecule has 6 aromatic heterocycles. The molecule has 11 rings (SSSR count). The Morgan fingerprint density at radius 3 is 1.21 bits per heavy atom. The number of carboxylic acids is 1. The van der Waals surface area contributed by atoms with E-state index in [4.69, 9.17) is 76.2 Å². The quantitative estimate of drug-likeness (QED) is 0.0420. The Bertz CT molecular complexity index is 4700. The summed E-state index contributed by atoms with van der Waals surface area (Å²) in [7, 11) is 25.1. The fourth-order valence-corrected chi connectivity index (χ4v) is 16.4. The van der Waals surface area contributed by atoms with E-state index in [1.807, 2.05) is 36.4 Å². The first kappa shape index (κ1) is 80.7. The van der Waals surface area contributed by atoms with E-state index in [-0.39, 0.29) is 28.8 Å². The van der Waals surface area contributed by atoms with Gasteiger partial charge in [0.2, 0.25) is 0 Å². The van der Waals surface area contributed by atoms with Crippen LogP contribution >= 0.6 is 56.7 Å². The van der Waals surface area contributed by atoms with Gasteiger partial charge in [-0.1, -0.05) is 27.7 Å². The number of thiophene rings is 5. The molecule has 6 heterocycles. The number of hydrogen-bond donors (Lipinski definition) is 2. The minimum Gasteiger partial charge on any atom is -0.496 e. The molecule has 11 aromatic rings. The number of methoxy groups -OCH3 is 15. The second-order valence-electron chi connectivity index (χ2n) is 23.0. The van der Waals surface area contributed by atoms with Crippen molar-refractivity contribution < 1.29 is 100 Å². The van der Waals surface area contributed by atoms with Crippen LogP contribution in [0.5, 0.6) is 63.2 Å². The number of pyridine rings is 1. The van der Waals surface area contributed by atoms with Crippen LogP contribution in [0.3, 0.4) is 0 Å². The Labute approximate surface area is 616 Å². The van der Waals surface area contributed by atoms with Gasteiger partial charge in [0.25, 0.3) is 0 Å². The third-order valence-electron chi connectivity index (χ3n) is 15.5. The van der Waals surface area contributed by atoms with Crippen molar-refractivity contribution in [3.05, 3.63) is 115 Å². The standard InChI is InChI=1S/C18H25NO4S.C17H23NO4S.C14H11NO4S.C13H14O5S.C12H12O4S/c1-11(2)9-19(3)10-12-7-14(21-4)17-13(16(12)22-5)8-15(24-17)18(20)23-6;1-10(2)8-18-9-11-6-13(20-3)16-12(15(11)21-4)7-14(23-16)17(19)22-5;1-18-11-8-5-10(14(16)17)20-13(8)12(19-2)7-3-4-15-6-9(7)11;1-15-8-6-9(16-2)12-7(11(8)17-3)5-10(19-12)13(14)18-4;1-14-8-4-5-9(15-2)11-7(8)6-10(17-11)12(13)16-3/h7-8,11H,9-10H2,1-6H3;6-7,10,18H,8-9H2,1-5H3;3-6H,1-2H3,(H,16,17);5-6H,1-4H3;4-6H,1-3H3. The number of fused-ring (bicyclic) bond motifs is 6. The monoisotopic (exact) mass is 1510 g/mol. The van der Waals surface area contributed by atoms with E-state index in [0.29, 0.717) is 72.4 Å². The van der Waals surface area contributed by atoms with Crippen molar-refractivity contribution in [1.29, 1.82) is 0 Å². The Hall–Kier alpha value is -9.62. The molecule has 5 aromatic carbocycles. The highest BCUT2D eigenvalue weighted by Gasteiger charge is 2.26. The molecule has 0 atom stereocenters. The van der Waals surface area contributed by atoms with E-state index in [0.717, 1.165) is 121 Å². The fraction of sp³-hybridized carbons (Fsp3) is 0.351. The van der Waals surface area contributed by atoms with Crippen LogP contribution in [0.25, 0.3) is 61.2 Å². The van der Waals surface area contributed by atoms with E-state index in [1.54, 1.807) is 121 Å². The van der Waals surface area contributed by atoms with Crippen LogP contribution in [-0.2, 0) is 32.0 Å². The molecule has 29 heteroatoms. The minimum absolute atomic E-state index is 0.250. The van der Waals surface area contributed by atoms with Gasteiger partial charge < -0.3 is 86.4 Å². The summed E-state index contributed by atoms with van der Waals surface area (Å²) < 4.78 is 83.0. The molecular weight excluding hydrogens is 1430 g/mol. The third-order valence-corrected chi connectivity index (χ3v) is 21.1. The molecule has 0 unspecified atom stereocenters. The number of esters is 4. The van der Waals surface area contributed by atoms with Crippen LogP contribution < -0.4 is 57.4 Å². The van der Waals surface area contributed by atoms with Gasteiger partial charge in [-0.2, -0.15) is 0 Å².